The molecule has 1 aliphatic rings. The molecule has 1 saturated heterocycles. The van der Waals surface area contributed by atoms with Crippen LogP contribution in [0.4, 0.5) is 0 Å². The van der Waals surface area contributed by atoms with Gasteiger partial charge in [0.15, 0.2) is 0 Å². The number of hydrogen-bond acceptors (Lipinski definition) is 4. The van der Waals surface area contributed by atoms with Gasteiger partial charge in [-0.1, -0.05) is 0 Å². The van der Waals surface area contributed by atoms with Gasteiger partial charge < -0.3 is 9.64 Å². The molecule has 0 aliphatic carbocycles. The molecule has 6 heteroatoms. The van der Waals surface area contributed by atoms with Crippen molar-refractivity contribution in [3.8, 4) is 0 Å². The SMILES string of the molecule is CC1CN(C(=O)CCS(C)(=O)=O)CCO1. The van der Waals surface area contributed by atoms with Crippen molar-refractivity contribution in [2.24, 2.45) is 0 Å². The third kappa shape index (κ3) is 4.61. The van der Waals surface area contributed by atoms with Crippen molar-refractivity contribution in [1.82, 2.24) is 4.90 Å². The number of amides is 1. The van der Waals surface area contributed by atoms with Gasteiger partial charge in [0, 0.05) is 25.8 Å². The number of sulfone groups is 1. The number of rotatable bonds is 3. The number of nitrogens with zero attached hydrogens (tertiary/aromatic N) is 1. The van der Waals surface area contributed by atoms with Crippen LogP contribution in [0.2, 0.25) is 0 Å². The van der Waals surface area contributed by atoms with Gasteiger partial charge in [0.2, 0.25) is 5.91 Å². The van der Waals surface area contributed by atoms with E-state index in [1.54, 1.807) is 4.90 Å². The molecule has 15 heavy (non-hydrogen) atoms. The lowest BCUT2D eigenvalue weighted by molar-refractivity contribution is -0.137. The molecule has 0 bridgehead atoms. The zero-order valence-electron chi connectivity index (χ0n) is 9.10. The van der Waals surface area contributed by atoms with Crippen LogP contribution in [0.3, 0.4) is 0 Å². The summed E-state index contributed by atoms with van der Waals surface area (Å²) in [6, 6.07) is 0. The van der Waals surface area contributed by atoms with Crippen LogP contribution < -0.4 is 0 Å². The molecule has 1 heterocycles. The van der Waals surface area contributed by atoms with Gasteiger partial charge in [-0.25, -0.2) is 8.42 Å². The van der Waals surface area contributed by atoms with Crippen LogP contribution >= 0.6 is 0 Å². The lowest BCUT2D eigenvalue weighted by Crippen LogP contribution is -2.44. The summed E-state index contributed by atoms with van der Waals surface area (Å²) in [5.74, 6) is -0.173. The van der Waals surface area contributed by atoms with E-state index < -0.39 is 9.84 Å². The first-order valence-electron chi connectivity index (χ1n) is 4.95. The third-order valence-corrected chi connectivity index (χ3v) is 3.23. The summed E-state index contributed by atoms with van der Waals surface area (Å²) >= 11 is 0. The Balaban J connectivity index is 2.40. The number of carbonyl (C=O) groups excluding carboxylic acids is 1. The molecule has 1 amide bonds. The van der Waals surface area contributed by atoms with Crippen molar-refractivity contribution in [3.63, 3.8) is 0 Å². The average molecular weight is 235 g/mol. The standard InChI is InChI=1S/C9H17NO4S/c1-8-7-10(4-5-14-8)9(11)3-6-15(2,12)13/h8H,3-7H2,1-2H3. The number of morpholine rings is 1. The fourth-order valence-electron chi connectivity index (χ4n) is 1.48. The fraction of sp³-hybridized carbons (Fsp3) is 0.889. The Morgan fingerprint density at radius 2 is 2.20 bits per heavy atom. The molecule has 0 aromatic carbocycles. The monoisotopic (exact) mass is 235 g/mol. The van der Waals surface area contributed by atoms with Gasteiger partial charge in [-0.05, 0) is 6.92 Å². The van der Waals surface area contributed by atoms with Crippen LogP contribution in [-0.4, -0.2) is 57.0 Å². The van der Waals surface area contributed by atoms with Gasteiger partial charge in [0.05, 0.1) is 18.5 Å². The topological polar surface area (TPSA) is 63.7 Å². The highest BCUT2D eigenvalue weighted by Gasteiger charge is 2.21. The lowest BCUT2D eigenvalue weighted by Gasteiger charge is -2.31. The van der Waals surface area contributed by atoms with Crippen molar-refractivity contribution in [3.05, 3.63) is 0 Å². The Morgan fingerprint density at radius 1 is 1.53 bits per heavy atom. The second-order valence-electron chi connectivity index (χ2n) is 3.90. The second kappa shape index (κ2) is 4.94. The van der Waals surface area contributed by atoms with Crippen LogP contribution in [0.15, 0.2) is 0 Å². The Kier molecular flexibility index (Phi) is 4.10. The first kappa shape index (κ1) is 12.4. The molecule has 0 spiro atoms. The van der Waals surface area contributed by atoms with E-state index in [1.807, 2.05) is 6.92 Å². The van der Waals surface area contributed by atoms with Gasteiger partial charge in [-0.2, -0.15) is 0 Å². The molecule has 88 valence electrons. The van der Waals surface area contributed by atoms with E-state index in [-0.39, 0.29) is 24.2 Å². The molecule has 0 saturated carbocycles. The second-order valence-corrected chi connectivity index (χ2v) is 6.16. The van der Waals surface area contributed by atoms with Crippen molar-refractivity contribution >= 4 is 15.7 Å². The Bertz CT molecular complexity index is 325. The Morgan fingerprint density at radius 3 is 2.73 bits per heavy atom. The highest BCUT2D eigenvalue weighted by atomic mass is 32.2. The van der Waals surface area contributed by atoms with E-state index in [1.165, 1.54) is 0 Å². The van der Waals surface area contributed by atoms with E-state index in [0.29, 0.717) is 19.7 Å². The molecular weight excluding hydrogens is 218 g/mol. The zero-order chi connectivity index (χ0) is 11.5. The number of hydrogen-bond donors (Lipinski definition) is 0. The molecule has 1 aliphatic heterocycles. The minimum atomic E-state index is -3.05. The smallest absolute Gasteiger partial charge is 0.223 e. The van der Waals surface area contributed by atoms with Crippen molar-refractivity contribution < 1.29 is 17.9 Å². The third-order valence-electron chi connectivity index (χ3n) is 2.28. The Hall–Kier alpha value is -0.620. The van der Waals surface area contributed by atoms with Crippen LogP contribution in [0.25, 0.3) is 0 Å². The molecule has 0 radical (unpaired) electrons. The average Bonchev–Trinajstić information content (AvgIpc) is 2.13. The summed E-state index contributed by atoms with van der Waals surface area (Å²) < 4.78 is 27.1. The number of ether oxygens (including phenoxy) is 1. The zero-order valence-corrected chi connectivity index (χ0v) is 9.92. The van der Waals surface area contributed by atoms with Crippen molar-refractivity contribution in [2.45, 2.75) is 19.4 Å². The normalized spacial score (nSPS) is 22.8. The molecule has 1 rings (SSSR count). The first-order chi connectivity index (χ1) is 6.88. The molecule has 0 N–H and O–H groups in total. The summed E-state index contributed by atoms with van der Waals surface area (Å²) in [6.45, 7) is 3.55. The van der Waals surface area contributed by atoms with Crippen molar-refractivity contribution in [1.29, 1.82) is 0 Å². The lowest BCUT2D eigenvalue weighted by atomic mass is 10.3. The van der Waals surface area contributed by atoms with Crippen LogP contribution in [-0.2, 0) is 19.4 Å². The van der Waals surface area contributed by atoms with E-state index in [0.717, 1.165) is 6.26 Å². The molecule has 1 unspecified atom stereocenters. The van der Waals surface area contributed by atoms with Gasteiger partial charge in [-0.15, -0.1) is 0 Å². The minimum absolute atomic E-state index is 0.0425. The van der Waals surface area contributed by atoms with E-state index in [4.69, 9.17) is 4.74 Å². The maximum atomic E-state index is 11.6. The molecule has 0 aromatic rings. The summed E-state index contributed by atoms with van der Waals surface area (Å²) in [6.07, 6.45) is 1.26. The molecule has 0 aromatic heterocycles. The summed E-state index contributed by atoms with van der Waals surface area (Å²) in [5, 5.41) is 0. The van der Waals surface area contributed by atoms with Crippen LogP contribution in [0.5, 0.6) is 0 Å². The molecule has 1 atom stereocenters. The van der Waals surface area contributed by atoms with Crippen LogP contribution in [0.1, 0.15) is 13.3 Å². The highest BCUT2D eigenvalue weighted by molar-refractivity contribution is 7.90. The predicted octanol–water partition coefficient (Wildman–Crippen LogP) is -0.332. The van der Waals surface area contributed by atoms with Gasteiger partial charge in [0.1, 0.15) is 9.84 Å². The largest absolute Gasteiger partial charge is 0.375 e. The van der Waals surface area contributed by atoms with E-state index in [2.05, 4.69) is 0 Å². The minimum Gasteiger partial charge on any atom is -0.375 e. The van der Waals surface area contributed by atoms with Gasteiger partial charge in [0.25, 0.3) is 0 Å². The molecule has 5 nitrogen and oxygen atoms in total. The number of carbonyl (C=O) groups is 1. The van der Waals surface area contributed by atoms with Crippen LogP contribution in [0, 0.1) is 0 Å². The van der Waals surface area contributed by atoms with Gasteiger partial charge >= 0.3 is 0 Å². The maximum absolute atomic E-state index is 11.6. The predicted molar refractivity (Wildman–Crippen MR) is 56.3 cm³/mol. The highest BCUT2D eigenvalue weighted by Crippen LogP contribution is 2.06. The summed E-state index contributed by atoms with van der Waals surface area (Å²) in [5.41, 5.74) is 0. The summed E-state index contributed by atoms with van der Waals surface area (Å²) in [7, 11) is -3.05. The van der Waals surface area contributed by atoms with Crippen molar-refractivity contribution in [2.75, 3.05) is 31.7 Å². The van der Waals surface area contributed by atoms with E-state index in [9.17, 15) is 13.2 Å². The fourth-order valence-corrected chi connectivity index (χ4v) is 2.02. The van der Waals surface area contributed by atoms with E-state index >= 15 is 0 Å². The summed E-state index contributed by atoms with van der Waals surface area (Å²) in [4.78, 5) is 13.3. The maximum Gasteiger partial charge on any atom is 0.223 e. The molecular formula is C9H17NO4S. The molecule has 1 fully saturated rings. The quantitative estimate of drug-likeness (QED) is 0.672. The Labute approximate surface area is 90.3 Å². The first-order valence-corrected chi connectivity index (χ1v) is 7.01. The van der Waals surface area contributed by atoms with Gasteiger partial charge in [-0.3, -0.25) is 4.79 Å².